The second-order valence-corrected chi connectivity index (χ2v) is 3.17. The van der Waals surface area contributed by atoms with Crippen LogP contribution in [0.3, 0.4) is 0 Å². The van der Waals surface area contributed by atoms with E-state index in [0.29, 0.717) is 10.6 Å². The van der Waals surface area contributed by atoms with Crippen LogP contribution in [0.15, 0.2) is 24.3 Å². The molecule has 0 saturated heterocycles. The summed E-state index contributed by atoms with van der Waals surface area (Å²) in [4.78, 5) is 20.8. The van der Waals surface area contributed by atoms with Gasteiger partial charge in [-0.3, -0.25) is 14.9 Å². The summed E-state index contributed by atoms with van der Waals surface area (Å²) in [6, 6.07) is 6.29. The highest BCUT2D eigenvalue weighted by molar-refractivity contribution is 6.30. The summed E-state index contributed by atoms with van der Waals surface area (Å²) >= 11 is 5.62. The van der Waals surface area contributed by atoms with E-state index in [-0.39, 0.29) is 18.7 Å². The van der Waals surface area contributed by atoms with Crippen LogP contribution in [-0.4, -0.2) is 17.3 Å². The summed E-state index contributed by atoms with van der Waals surface area (Å²) in [5.74, 6) is -0.238. The molecule has 0 amide bonds. The predicted octanol–water partition coefficient (Wildman–Crippen LogP) is 2.19. The number of nitro groups is 1. The zero-order valence-electron chi connectivity index (χ0n) is 7.27. The molecule has 0 atom stereocenters. The van der Waals surface area contributed by atoms with E-state index in [1.165, 1.54) is 0 Å². The average Bonchev–Trinajstić information content (AvgIpc) is 2.15. The molecule has 0 radical (unpaired) electrons. The average molecular weight is 214 g/mol. The zero-order valence-corrected chi connectivity index (χ0v) is 8.03. The van der Waals surface area contributed by atoms with Gasteiger partial charge in [0.25, 0.3) is 0 Å². The van der Waals surface area contributed by atoms with Crippen LogP contribution in [-0.2, 0) is 0 Å². The van der Waals surface area contributed by atoms with E-state index >= 15 is 0 Å². The van der Waals surface area contributed by atoms with Crippen LogP contribution in [0.1, 0.15) is 16.8 Å². The maximum absolute atomic E-state index is 11.3. The fourth-order valence-corrected chi connectivity index (χ4v) is 1.10. The summed E-state index contributed by atoms with van der Waals surface area (Å²) in [6.45, 7) is -0.332. The minimum atomic E-state index is -0.506. The van der Waals surface area contributed by atoms with Gasteiger partial charge in [-0.25, -0.2) is 0 Å². The molecule has 0 aromatic heterocycles. The summed E-state index contributed by atoms with van der Waals surface area (Å²) < 4.78 is 0. The van der Waals surface area contributed by atoms with E-state index in [2.05, 4.69) is 0 Å². The molecule has 0 unspecified atom stereocenters. The van der Waals surface area contributed by atoms with Gasteiger partial charge in [0.15, 0.2) is 5.78 Å². The van der Waals surface area contributed by atoms with Crippen molar-refractivity contribution in [1.29, 1.82) is 0 Å². The van der Waals surface area contributed by atoms with Crippen LogP contribution in [0.4, 0.5) is 0 Å². The molecular weight excluding hydrogens is 206 g/mol. The first kappa shape index (κ1) is 10.7. The van der Waals surface area contributed by atoms with Crippen LogP contribution in [0, 0.1) is 10.1 Å². The van der Waals surface area contributed by atoms with Crippen LogP contribution in [0.5, 0.6) is 0 Å². The Kier molecular flexibility index (Phi) is 3.59. The first-order chi connectivity index (χ1) is 6.59. The molecular formula is C9H8ClNO3. The maximum Gasteiger partial charge on any atom is 0.211 e. The van der Waals surface area contributed by atoms with E-state index in [9.17, 15) is 14.9 Å². The molecule has 0 fully saturated rings. The lowest BCUT2D eigenvalue weighted by Crippen LogP contribution is -2.08. The molecule has 0 heterocycles. The van der Waals surface area contributed by atoms with Gasteiger partial charge in [-0.1, -0.05) is 11.6 Å². The van der Waals surface area contributed by atoms with Gasteiger partial charge in [0, 0.05) is 15.5 Å². The van der Waals surface area contributed by atoms with Gasteiger partial charge in [-0.05, 0) is 24.3 Å². The maximum atomic E-state index is 11.3. The Hall–Kier alpha value is -1.42. The van der Waals surface area contributed by atoms with Gasteiger partial charge in [0.2, 0.25) is 6.54 Å². The van der Waals surface area contributed by atoms with E-state index in [1.54, 1.807) is 24.3 Å². The van der Waals surface area contributed by atoms with Crippen molar-refractivity contribution in [3.05, 3.63) is 45.0 Å². The van der Waals surface area contributed by atoms with Gasteiger partial charge < -0.3 is 0 Å². The third kappa shape index (κ3) is 3.14. The van der Waals surface area contributed by atoms with Crippen molar-refractivity contribution in [3.8, 4) is 0 Å². The van der Waals surface area contributed by atoms with Gasteiger partial charge in [-0.2, -0.15) is 0 Å². The summed E-state index contributed by atoms with van der Waals surface area (Å²) in [5.41, 5.74) is 0.455. The van der Waals surface area contributed by atoms with Gasteiger partial charge >= 0.3 is 0 Å². The Morgan fingerprint density at radius 1 is 1.36 bits per heavy atom. The predicted molar refractivity (Wildman–Crippen MR) is 52.3 cm³/mol. The monoisotopic (exact) mass is 213 g/mol. The lowest BCUT2D eigenvalue weighted by atomic mass is 10.1. The smallest absolute Gasteiger partial charge is 0.211 e. The fraction of sp³-hybridized carbons (Fsp3) is 0.222. The van der Waals surface area contributed by atoms with Crippen molar-refractivity contribution in [2.45, 2.75) is 6.42 Å². The molecule has 1 aromatic carbocycles. The number of hydrogen-bond donors (Lipinski definition) is 0. The van der Waals surface area contributed by atoms with Gasteiger partial charge in [0.05, 0.1) is 6.42 Å². The Morgan fingerprint density at radius 2 is 1.93 bits per heavy atom. The summed E-state index contributed by atoms with van der Waals surface area (Å²) in [7, 11) is 0. The van der Waals surface area contributed by atoms with Crippen LogP contribution in [0.25, 0.3) is 0 Å². The number of Topliss-reactive ketones (excluding diaryl/α,β-unsaturated/α-hetero) is 1. The van der Waals surface area contributed by atoms with Crippen LogP contribution < -0.4 is 0 Å². The molecule has 5 heteroatoms. The molecule has 0 aliphatic rings. The number of halogens is 1. The first-order valence-corrected chi connectivity index (χ1v) is 4.38. The molecule has 74 valence electrons. The lowest BCUT2D eigenvalue weighted by Gasteiger charge is -1.97. The topological polar surface area (TPSA) is 60.2 Å². The van der Waals surface area contributed by atoms with Crippen molar-refractivity contribution < 1.29 is 9.72 Å². The van der Waals surface area contributed by atoms with E-state index < -0.39 is 4.92 Å². The van der Waals surface area contributed by atoms with Crippen molar-refractivity contribution in [2.75, 3.05) is 6.54 Å². The Balaban J connectivity index is 2.61. The van der Waals surface area contributed by atoms with Crippen molar-refractivity contribution in [2.24, 2.45) is 0 Å². The molecule has 0 bridgehead atoms. The number of nitrogens with zero attached hydrogens (tertiary/aromatic N) is 1. The van der Waals surface area contributed by atoms with Crippen molar-refractivity contribution in [3.63, 3.8) is 0 Å². The Labute approximate surface area is 85.6 Å². The molecule has 1 rings (SSSR count). The molecule has 14 heavy (non-hydrogen) atoms. The number of benzene rings is 1. The number of hydrogen-bond acceptors (Lipinski definition) is 3. The second-order valence-electron chi connectivity index (χ2n) is 2.74. The summed E-state index contributed by atoms with van der Waals surface area (Å²) in [6.07, 6.45) is -0.0748. The summed E-state index contributed by atoms with van der Waals surface area (Å²) in [5, 5.41) is 10.6. The molecule has 0 aliphatic heterocycles. The van der Waals surface area contributed by atoms with Gasteiger partial charge in [-0.15, -0.1) is 0 Å². The normalized spacial score (nSPS) is 9.79. The highest BCUT2D eigenvalue weighted by Gasteiger charge is 2.08. The Morgan fingerprint density at radius 3 is 2.43 bits per heavy atom. The molecule has 0 aliphatic carbocycles. The van der Waals surface area contributed by atoms with Crippen LogP contribution >= 0.6 is 11.6 Å². The number of carbonyl (C=O) groups is 1. The van der Waals surface area contributed by atoms with Crippen molar-refractivity contribution in [1.82, 2.24) is 0 Å². The largest absolute Gasteiger partial charge is 0.294 e. The van der Waals surface area contributed by atoms with E-state index in [1.807, 2.05) is 0 Å². The molecule has 0 saturated carbocycles. The van der Waals surface area contributed by atoms with Crippen molar-refractivity contribution >= 4 is 17.4 Å². The van der Waals surface area contributed by atoms with Crippen LogP contribution in [0.2, 0.25) is 5.02 Å². The zero-order chi connectivity index (χ0) is 10.6. The van der Waals surface area contributed by atoms with E-state index in [0.717, 1.165) is 0 Å². The second kappa shape index (κ2) is 4.72. The molecule has 0 N–H and O–H groups in total. The standard InChI is InChI=1S/C9H8ClNO3/c10-8-3-1-7(2-4-8)9(12)5-6-11(13)14/h1-4H,5-6H2. The third-order valence-electron chi connectivity index (χ3n) is 1.69. The number of ketones is 1. The van der Waals surface area contributed by atoms with E-state index in [4.69, 9.17) is 11.6 Å². The highest BCUT2D eigenvalue weighted by atomic mass is 35.5. The Bertz CT molecular complexity index is 348. The van der Waals surface area contributed by atoms with Gasteiger partial charge in [0.1, 0.15) is 0 Å². The molecule has 0 spiro atoms. The minimum absolute atomic E-state index is 0.0748. The third-order valence-corrected chi connectivity index (χ3v) is 1.94. The number of carbonyl (C=O) groups excluding carboxylic acids is 1. The minimum Gasteiger partial charge on any atom is -0.294 e. The number of rotatable bonds is 4. The SMILES string of the molecule is O=C(CC[N+](=O)[O-])c1ccc(Cl)cc1. The first-order valence-electron chi connectivity index (χ1n) is 4.00. The quantitative estimate of drug-likeness (QED) is 0.438. The molecule has 4 nitrogen and oxygen atoms in total. The highest BCUT2D eigenvalue weighted by Crippen LogP contribution is 2.10. The lowest BCUT2D eigenvalue weighted by molar-refractivity contribution is -0.478. The fourth-order valence-electron chi connectivity index (χ4n) is 0.973. The molecule has 1 aromatic rings.